The maximum atomic E-state index is 13.0. The van der Waals surface area contributed by atoms with Crippen LogP contribution in [-0.4, -0.2) is 51.7 Å². The van der Waals surface area contributed by atoms with Crippen LogP contribution >= 0.6 is 11.6 Å². The second kappa shape index (κ2) is 12.0. The van der Waals surface area contributed by atoms with Crippen LogP contribution in [-0.2, 0) is 16.0 Å². The van der Waals surface area contributed by atoms with Crippen LogP contribution in [0.1, 0.15) is 49.3 Å². The molecule has 0 saturated heterocycles. The maximum absolute atomic E-state index is 13.0. The van der Waals surface area contributed by atoms with Crippen LogP contribution in [0.2, 0.25) is 5.02 Å². The summed E-state index contributed by atoms with van der Waals surface area (Å²) < 4.78 is 27.9. The average Bonchev–Trinajstić information content (AvgIpc) is 3.17. The molecule has 4 rings (SSSR count). The molecular weight excluding hydrogens is 530 g/mol. The molecule has 11 heteroatoms. The lowest BCUT2D eigenvalue weighted by Gasteiger charge is -2.27. The zero-order valence-corrected chi connectivity index (χ0v) is 23.1. The fraction of sp³-hybridized carbons (Fsp3) is 0.464. The Morgan fingerprint density at radius 2 is 1.59 bits per heavy atom. The molecule has 1 amide bonds. The summed E-state index contributed by atoms with van der Waals surface area (Å²) in [6.45, 7) is 0. The molecule has 2 aromatic rings. The summed E-state index contributed by atoms with van der Waals surface area (Å²) in [5, 5.41) is 12.5. The topological polar surface area (TPSA) is 130 Å². The van der Waals surface area contributed by atoms with Crippen molar-refractivity contribution in [3.63, 3.8) is 0 Å². The lowest BCUT2D eigenvalue weighted by atomic mass is 9.87. The molecule has 0 radical (unpaired) electrons. The number of benzene rings is 1. The van der Waals surface area contributed by atoms with E-state index >= 15 is 0 Å². The third kappa shape index (κ3) is 5.56. The van der Waals surface area contributed by atoms with Gasteiger partial charge in [0.05, 0.1) is 45.4 Å². The molecule has 2 aliphatic rings. The van der Waals surface area contributed by atoms with E-state index in [9.17, 15) is 19.5 Å². The summed E-state index contributed by atoms with van der Waals surface area (Å²) in [7, 11) is 5.88. The summed E-state index contributed by atoms with van der Waals surface area (Å²) in [5.74, 6) is -0.108. The van der Waals surface area contributed by atoms with Crippen LogP contribution in [0.15, 0.2) is 23.0 Å². The highest BCUT2D eigenvalue weighted by molar-refractivity contribution is 6.34. The van der Waals surface area contributed by atoms with Crippen LogP contribution in [0.3, 0.4) is 0 Å². The number of ether oxygens (including phenoxy) is 5. The van der Waals surface area contributed by atoms with Crippen LogP contribution < -0.4 is 29.7 Å². The van der Waals surface area contributed by atoms with Crippen molar-refractivity contribution in [2.75, 3.05) is 28.4 Å². The first kappa shape index (κ1) is 28.4. The zero-order chi connectivity index (χ0) is 28.3. The number of alkyl carbamates (subject to hydrolysis) is 1. The molecule has 2 aromatic carbocycles. The van der Waals surface area contributed by atoms with E-state index in [1.54, 1.807) is 12.1 Å². The Balaban J connectivity index is 1.76. The van der Waals surface area contributed by atoms with E-state index in [0.717, 1.165) is 5.56 Å². The van der Waals surface area contributed by atoms with E-state index in [1.807, 2.05) is 0 Å². The summed E-state index contributed by atoms with van der Waals surface area (Å²) in [6, 6.07) is 4.13. The predicted octanol–water partition coefficient (Wildman–Crippen LogP) is 4.76. The lowest BCUT2D eigenvalue weighted by molar-refractivity contribution is -0.143. The Hall–Kier alpha value is -3.66. The summed E-state index contributed by atoms with van der Waals surface area (Å²) in [6.07, 6.45) is 1.63. The number of aliphatic carboxylic acids is 1. The van der Waals surface area contributed by atoms with E-state index in [0.29, 0.717) is 77.5 Å². The maximum Gasteiger partial charge on any atom is 0.407 e. The molecule has 0 bridgehead atoms. The number of carboxylic acids is 1. The van der Waals surface area contributed by atoms with Gasteiger partial charge in [-0.15, -0.1) is 0 Å². The summed E-state index contributed by atoms with van der Waals surface area (Å²) in [4.78, 5) is 37.3. The number of halogens is 1. The number of carboxylic acid groups (broad SMARTS) is 1. The van der Waals surface area contributed by atoms with Crippen molar-refractivity contribution in [1.82, 2.24) is 5.32 Å². The van der Waals surface area contributed by atoms with Gasteiger partial charge in [0.25, 0.3) is 0 Å². The fourth-order valence-electron chi connectivity index (χ4n) is 5.44. The quantitative estimate of drug-likeness (QED) is 0.491. The third-order valence-corrected chi connectivity index (χ3v) is 7.80. The first-order valence-electron chi connectivity index (χ1n) is 12.7. The molecule has 210 valence electrons. The third-order valence-electron chi connectivity index (χ3n) is 7.40. The number of fused-ring (bicyclic) bond motifs is 3. The van der Waals surface area contributed by atoms with Crippen LogP contribution in [0, 0.1) is 5.92 Å². The van der Waals surface area contributed by atoms with Gasteiger partial charge in [0.15, 0.2) is 17.2 Å². The molecule has 1 fully saturated rings. The van der Waals surface area contributed by atoms with E-state index in [4.69, 9.17) is 35.3 Å². The molecule has 1 saturated carbocycles. The van der Waals surface area contributed by atoms with Gasteiger partial charge < -0.3 is 34.1 Å². The van der Waals surface area contributed by atoms with E-state index in [-0.39, 0.29) is 17.3 Å². The number of hydrogen-bond donors (Lipinski definition) is 2. The zero-order valence-electron chi connectivity index (χ0n) is 22.3. The minimum atomic E-state index is -0.827. The molecule has 0 unspecified atom stereocenters. The number of methoxy groups -OCH3 is 4. The molecule has 10 nitrogen and oxygen atoms in total. The number of carbonyl (C=O) groups is 2. The number of carbonyl (C=O) groups excluding carboxylic acids is 1. The molecule has 2 aliphatic carbocycles. The van der Waals surface area contributed by atoms with Crippen molar-refractivity contribution in [2.45, 2.75) is 50.7 Å². The van der Waals surface area contributed by atoms with Gasteiger partial charge >= 0.3 is 12.1 Å². The summed E-state index contributed by atoms with van der Waals surface area (Å²) >= 11 is 6.82. The standard InChI is InChI=1S/C28H32ClNO9/c1-35-21-12-10-16-18(13-20(21)31)19(30-28(34)39-15-7-5-14(6-8-15)27(32)33)11-9-17-22(16)24(36-2)26(38-4)25(37-3)23(17)29/h10,12-15,19H,5-9,11H2,1-4H3,(H,30,34)(H,32,33)/t14?,15?,19-/m0/s1. The van der Waals surface area contributed by atoms with Crippen molar-refractivity contribution in [2.24, 2.45) is 5.92 Å². The van der Waals surface area contributed by atoms with Gasteiger partial charge in [0.1, 0.15) is 6.10 Å². The monoisotopic (exact) mass is 561 g/mol. The Kier molecular flexibility index (Phi) is 8.74. The number of rotatable bonds is 7. The number of hydrogen-bond acceptors (Lipinski definition) is 8. The minimum absolute atomic E-state index is 0.131. The fourth-order valence-corrected chi connectivity index (χ4v) is 5.80. The van der Waals surface area contributed by atoms with Crippen LogP contribution in [0.5, 0.6) is 23.0 Å². The van der Waals surface area contributed by atoms with Crippen molar-refractivity contribution >= 4 is 23.7 Å². The van der Waals surface area contributed by atoms with Gasteiger partial charge in [0.2, 0.25) is 11.2 Å². The molecule has 2 N–H and O–H groups in total. The smallest absolute Gasteiger partial charge is 0.407 e. The minimum Gasteiger partial charge on any atom is -0.493 e. The van der Waals surface area contributed by atoms with E-state index in [2.05, 4.69) is 5.32 Å². The molecule has 1 atom stereocenters. The highest BCUT2D eigenvalue weighted by atomic mass is 35.5. The Morgan fingerprint density at radius 1 is 0.923 bits per heavy atom. The molecular formula is C28H32ClNO9. The first-order chi connectivity index (χ1) is 18.7. The van der Waals surface area contributed by atoms with Gasteiger partial charge in [-0.25, -0.2) is 4.79 Å². The van der Waals surface area contributed by atoms with Gasteiger partial charge in [0, 0.05) is 5.56 Å². The first-order valence-corrected chi connectivity index (χ1v) is 13.0. The van der Waals surface area contributed by atoms with Crippen molar-refractivity contribution in [3.05, 3.63) is 44.6 Å². The van der Waals surface area contributed by atoms with Crippen molar-refractivity contribution in [3.8, 4) is 34.1 Å². The molecule has 0 aromatic heterocycles. The van der Waals surface area contributed by atoms with Gasteiger partial charge in [-0.05, 0) is 67.3 Å². The van der Waals surface area contributed by atoms with Gasteiger partial charge in [-0.2, -0.15) is 0 Å². The van der Waals surface area contributed by atoms with Gasteiger partial charge in [-0.3, -0.25) is 9.59 Å². The van der Waals surface area contributed by atoms with E-state index < -0.39 is 24.0 Å². The molecule has 0 heterocycles. The largest absolute Gasteiger partial charge is 0.493 e. The van der Waals surface area contributed by atoms with Crippen LogP contribution in [0.25, 0.3) is 11.1 Å². The molecule has 39 heavy (non-hydrogen) atoms. The Bertz CT molecular complexity index is 1320. The SMILES string of the molecule is COc1c(Cl)c2c(c(OC)c1OC)-c1ccc(OC)c(=O)cc1[C@@H](NC(=O)OC1CCC(C(=O)O)CC1)CC2. The van der Waals surface area contributed by atoms with Crippen molar-refractivity contribution in [1.29, 1.82) is 0 Å². The lowest BCUT2D eigenvalue weighted by Crippen LogP contribution is -2.35. The highest BCUT2D eigenvalue weighted by Crippen LogP contribution is 2.54. The number of amides is 1. The second-order valence-corrected chi connectivity index (χ2v) is 9.88. The second-order valence-electron chi connectivity index (χ2n) is 9.50. The Morgan fingerprint density at radius 3 is 2.18 bits per heavy atom. The van der Waals surface area contributed by atoms with Gasteiger partial charge in [-0.1, -0.05) is 17.7 Å². The Labute approximate surface area is 231 Å². The average molecular weight is 562 g/mol. The molecule has 0 spiro atoms. The van der Waals surface area contributed by atoms with Crippen LogP contribution in [0.4, 0.5) is 4.79 Å². The predicted molar refractivity (Wildman–Crippen MR) is 143 cm³/mol. The number of nitrogens with one attached hydrogen (secondary N) is 1. The van der Waals surface area contributed by atoms with Crippen molar-refractivity contribution < 1.29 is 38.4 Å². The normalized spacial score (nSPS) is 20.0. The summed E-state index contributed by atoms with van der Waals surface area (Å²) in [5.41, 5.74) is 2.12. The molecule has 0 aliphatic heterocycles. The highest BCUT2D eigenvalue weighted by Gasteiger charge is 2.34. The van der Waals surface area contributed by atoms with E-state index in [1.165, 1.54) is 34.5 Å².